The molecule has 0 saturated carbocycles. The summed E-state index contributed by atoms with van der Waals surface area (Å²) < 4.78 is 38.7. The van der Waals surface area contributed by atoms with E-state index in [0.29, 0.717) is 30.2 Å². The molecule has 2 aromatic heterocycles. The second-order valence-corrected chi connectivity index (χ2v) is 8.80. The van der Waals surface area contributed by atoms with Crippen molar-refractivity contribution in [3.05, 3.63) is 24.0 Å². The zero-order valence-corrected chi connectivity index (χ0v) is 18.9. The Balaban J connectivity index is 1.56. The number of H-pyrrole nitrogens is 1. The second-order valence-electron chi connectivity index (χ2n) is 8.80. The van der Waals surface area contributed by atoms with Gasteiger partial charge in [-0.15, -0.1) is 0 Å². The summed E-state index contributed by atoms with van der Waals surface area (Å²) >= 11 is 0. The minimum Gasteiger partial charge on any atom is -0.376 e. The van der Waals surface area contributed by atoms with Gasteiger partial charge in [0, 0.05) is 30.9 Å². The van der Waals surface area contributed by atoms with E-state index in [0.717, 1.165) is 32.4 Å². The van der Waals surface area contributed by atoms with E-state index in [1.165, 1.54) is 18.5 Å². The lowest BCUT2D eigenvalue weighted by Gasteiger charge is -2.33. The number of amidine groups is 1. The summed E-state index contributed by atoms with van der Waals surface area (Å²) in [6.45, 7) is 3.80. The minimum atomic E-state index is -4.42. The molecule has 0 aliphatic carbocycles. The number of carbonyl (C=O) groups excluding carboxylic acids is 1. The number of aromatic nitrogens is 3. The molecule has 0 bridgehead atoms. The maximum Gasteiger partial charge on any atom is 0.405 e. The number of nitrogens with one attached hydrogen (secondary N) is 5. The molecule has 9 nitrogen and oxygen atoms in total. The number of carbonyl (C=O) groups is 1. The first kappa shape index (κ1) is 24.0. The smallest absolute Gasteiger partial charge is 0.376 e. The van der Waals surface area contributed by atoms with Gasteiger partial charge in [-0.1, -0.05) is 6.92 Å². The summed E-state index contributed by atoms with van der Waals surface area (Å²) in [5, 5.41) is 23.7. The predicted molar refractivity (Wildman–Crippen MR) is 123 cm³/mol. The number of aromatic amines is 1. The van der Waals surface area contributed by atoms with E-state index in [4.69, 9.17) is 5.41 Å². The SMILES string of the molecule is CC(C(=O)Nc1cn[nH]c1-c1cc(NCC(F)(F)F)c(C(=N)N2CCC2)cn1)C1CCNCC1. The van der Waals surface area contributed by atoms with Crippen LogP contribution < -0.4 is 16.0 Å². The minimum absolute atomic E-state index is 0.129. The number of anilines is 2. The standard InChI is InChI=1S/C22H29F3N8O/c1-13(14-3-5-27-6-4-14)21(34)31-18-11-30-32-19(18)17-9-16(29-12-22(23,24)25)15(10-28-17)20(26)33-7-2-8-33/h9-11,13-14,26-27H,2-8,12H2,1H3,(H,28,29)(H,30,32)(H,31,34). The van der Waals surface area contributed by atoms with Crippen molar-refractivity contribution < 1.29 is 18.0 Å². The van der Waals surface area contributed by atoms with E-state index in [9.17, 15) is 18.0 Å². The zero-order chi connectivity index (χ0) is 24.3. The van der Waals surface area contributed by atoms with Crippen LogP contribution in [-0.4, -0.2) is 70.7 Å². The molecule has 2 aliphatic rings. The van der Waals surface area contributed by atoms with Crippen LogP contribution in [0.5, 0.6) is 0 Å². The first-order valence-corrected chi connectivity index (χ1v) is 11.4. The van der Waals surface area contributed by atoms with Gasteiger partial charge in [-0.05, 0) is 44.3 Å². The fourth-order valence-corrected chi connectivity index (χ4v) is 4.21. The van der Waals surface area contributed by atoms with Crippen LogP contribution in [0.1, 0.15) is 31.7 Å². The first-order valence-electron chi connectivity index (χ1n) is 11.4. The zero-order valence-electron chi connectivity index (χ0n) is 18.9. The van der Waals surface area contributed by atoms with Crippen LogP contribution in [0.3, 0.4) is 0 Å². The molecule has 1 unspecified atom stereocenters. The third kappa shape index (κ3) is 5.49. The summed E-state index contributed by atoms with van der Waals surface area (Å²) in [5.41, 5.74) is 1.55. The molecule has 2 aliphatic heterocycles. The maximum absolute atomic E-state index is 12.9. The Bertz CT molecular complexity index is 1030. The monoisotopic (exact) mass is 478 g/mol. The number of hydrogen-bond donors (Lipinski definition) is 5. The topological polar surface area (TPSA) is 122 Å². The molecule has 1 atom stereocenters. The fourth-order valence-electron chi connectivity index (χ4n) is 4.21. The van der Waals surface area contributed by atoms with E-state index < -0.39 is 12.7 Å². The molecular weight excluding hydrogens is 449 g/mol. The van der Waals surface area contributed by atoms with Crippen LogP contribution in [0, 0.1) is 17.2 Å². The number of piperidine rings is 1. The Morgan fingerprint density at radius 2 is 2.00 bits per heavy atom. The van der Waals surface area contributed by atoms with Gasteiger partial charge in [0.15, 0.2) is 0 Å². The molecule has 5 N–H and O–H groups in total. The predicted octanol–water partition coefficient (Wildman–Crippen LogP) is 3.05. The number of hydrogen-bond acceptors (Lipinski definition) is 6. The van der Waals surface area contributed by atoms with Crippen LogP contribution >= 0.6 is 0 Å². The van der Waals surface area contributed by atoms with E-state index in [-0.39, 0.29) is 34.8 Å². The largest absolute Gasteiger partial charge is 0.405 e. The number of likely N-dealkylation sites (tertiary alicyclic amines) is 1. The molecule has 2 aromatic rings. The number of alkyl halides is 3. The molecule has 4 rings (SSSR count). The van der Waals surface area contributed by atoms with Crippen molar-refractivity contribution in [1.82, 2.24) is 25.4 Å². The Kier molecular flexibility index (Phi) is 7.05. The lowest BCUT2D eigenvalue weighted by Crippen LogP contribution is -2.42. The summed E-state index contributed by atoms with van der Waals surface area (Å²) in [5.74, 6) is 0.0750. The third-order valence-electron chi connectivity index (χ3n) is 6.47. The van der Waals surface area contributed by atoms with Gasteiger partial charge in [0.05, 0.1) is 23.1 Å². The number of rotatable bonds is 7. The van der Waals surface area contributed by atoms with Gasteiger partial charge in [-0.2, -0.15) is 18.3 Å². The van der Waals surface area contributed by atoms with Gasteiger partial charge in [-0.25, -0.2) is 0 Å². The van der Waals surface area contributed by atoms with Gasteiger partial charge in [0.1, 0.15) is 18.1 Å². The number of amides is 1. The first-order chi connectivity index (χ1) is 16.2. The van der Waals surface area contributed by atoms with E-state index >= 15 is 0 Å². The van der Waals surface area contributed by atoms with E-state index in [1.807, 2.05) is 6.92 Å². The highest BCUT2D eigenvalue weighted by Crippen LogP contribution is 2.31. The van der Waals surface area contributed by atoms with Gasteiger partial charge in [0.25, 0.3) is 0 Å². The number of halogens is 3. The van der Waals surface area contributed by atoms with Gasteiger partial charge < -0.3 is 20.9 Å². The molecule has 0 aromatic carbocycles. The van der Waals surface area contributed by atoms with Crippen molar-refractivity contribution in [3.63, 3.8) is 0 Å². The Morgan fingerprint density at radius 3 is 2.65 bits per heavy atom. The second kappa shape index (κ2) is 10.00. The van der Waals surface area contributed by atoms with E-state index in [2.05, 4.69) is 31.1 Å². The Labute approximate surface area is 195 Å². The Morgan fingerprint density at radius 1 is 1.26 bits per heavy atom. The maximum atomic E-state index is 12.9. The van der Waals surface area contributed by atoms with Crippen LogP contribution in [0.25, 0.3) is 11.4 Å². The van der Waals surface area contributed by atoms with Crippen LogP contribution in [0.2, 0.25) is 0 Å². The van der Waals surface area contributed by atoms with Crippen molar-refractivity contribution in [3.8, 4) is 11.4 Å². The average molecular weight is 479 g/mol. The van der Waals surface area contributed by atoms with Crippen molar-refractivity contribution in [2.45, 2.75) is 32.4 Å². The lowest BCUT2D eigenvalue weighted by molar-refractivity contribution is -0.121. The van der Waals surface area contributed by atoms with Crippen molar-refractivity contribution >= 4 is 23.1 Å². The highest BCUT2D eigenvalue weighted by Gasteiger charge is 2.29. The van der Waals surface area contributed by atoms with Gasteiger partial charge in [0.2, 0.25) is 5.91 Å². The quantitative estimate of drug-likeness (QED) is 0.308. The third-order valence-corrected chi connectivity index (χ3v) is 6.47. The van der Waals surface area contributed by atoms with Gasteiger partial charge in [-0.3, -0.25) is 20.3 Å². The molecule has 34 heavy (non-hydrogen) atoms. The van der Waals surface area contributed by atoms with Crippen LogP contribution in [-0.2, 0) is 4.79 Å². The lowest BCUT2D eigenvalue weighted by atomic mass is 9.85. The highest BCUT2D eigenvalue weighted by atomic mass is 19.4. The molecule has 2 fully saturated rings. The summed E-state index contributed by atoms with van der Waals surface area (Å²) in [6, 6.07) is 1.45. The van der Waals surface area contributed by atoms with Gasteiger partial charge >= 0.3 is 6.18 Å². The highest BCUT2D eigenvalue weighted by molar-refractivity contribution is 6.02. The van der Waals surface area contributed by atoms with Crippen LogP contribution in [0.4, 0.5) is 24.5 Å². The van der Waals surface area contributed by atoms with Crippen molar-refractivity contribution in [2.75, 3.05) is 43.4 Å². The molecular formula is C22H29F3N8O. The summed E-state index contributed by atoms with van der Waals surface area (Å²) in [7, 11) is 0. The Hall–Kier alpha value is -3.15. The molecule has 4 heterocycles. The summed E-state index contributed by atoms with van der Waals surface area (Å²) in [6.07, 6.45) is 1.21. The molecule has 0 radical (unpaired) electrons. The molecule has 0 spiro atoms. The normalized spacial score (nSPS) is 17.7. The molecule has 2 saturated heterocycles. The number of pyridine rings is 1. The molecule has 1 amide bonds. The van der Waals surface area contributed by atoms with E-state index in [1.54, 1.807) is 4.90 Å². The molecule has 184 valence electrons. The molecule has 12 heteroatoms. The van der Waals surface area contributed by atoms with Crippen molar-refractivity contribution in [2.24, 2.45) is 11.8 Å². The number of nitrogens with zero attached hydrogens (tertiary/aromatic N) is 3. The fraction of sp³-hybridized carbons (Fsp3) is 0.545. The van der Waals surface area contributed by atoms with Crippen LogP contribution in [0.15, 0.2) is 18.5 Å². The van der Waals surface area contributed by atoms with Crippen molar-refractivity contribution in [1.29, 1.82) is 5.41 Å². The average Bonchev–Trinajstić information content (AvgIpc) is 3.24. The summed E-state index contributed by atoms with van der Waals surface area (Å²) in [4.78, 5) is 19.0.